The Morgan fingerprint density at radius 3 is 2.56 bits per heavy atom. The Morgan fingerprint density at radius 1 is 1.24 bits per heavy atom. The Kier molecular flexibility index (Phi) is 10.7. The maximum absolute atomic E-state index is 12.3. The topological polar surface area (TPSA) is 139 Å². The molecule has 1 aliphatic carbocycles. The third kappa shape index (κ3) is 9.66. The van der Waals surface area contributed by atoms with E-state index >= 15 is 0 Å². The van der Waals surface area contributed by atoms with Gasteiger partial charge in [-0.25, -0.2) is 8.42 Å². The first-order valence-corrected chi connectivity index (χ1v) is 13.0. The number of carbonyl (C=O) groups is 2. The summed E-state index contributed by atoms with van der Waals surface area (Å²) in [4.78, 5) is 23.8. The molecule has 1 saturated carbocycles. The number of hydrogen-bond donors (Lipinski definition) is 3. The van der Waals surface area contributed by atoms with E-state index in [1.165, 1.54) is 6.08 Å². The average Bonchev–Trinajstić information content (AvgIpc) is 3.04. The lowest BCUT2D eigenvalue weighted by Gasteiger charge is -2.17. The summed E-state index contributed by atoms with van der Waals surface area (Å²) in [6.07, 6.45) is 7.70. The van der Waals surface area contributed by atoms with Gasteiger partial charge in [0.25, 0.3) is 0 Å². The Hall–Kier alpha value is -2.69. The molecular weight excluding hydrogens is 462 g/mol. The average molecular weight is 496 g/mol. The molecule has 4 atom stereocenters. The summed E-state index contributed by atoms with van der Waals surface area (Å²) in [7, 11) is -1.98. The fourth-order valence-corrected chi connectivity index (χ4v) is 4.21. The quantitative estimate of drug-likeness (QED) is 0.278. The third-order valence-corrected chi connectivity index (χ3v) is 6.00. The minimum absolute atomic E-state index is 0.0249. The van der Waals surface area contributed by atoms with Gasteiger partial charge in [0.1, 0.15) is 30.0 Å². The highest BCUT2D eigenvalue weighted by Gasteiger charge is 2.39. The first-order chi connectivity index (χ1) is 16.1. The van der Waals surface area contributed by atoms with Crippen molar-refractivity contribution in [3.8, 4) is 11.5 Å². The molecule has 0 radical (unpaired) electrons. The van der Waals surface area contributed by atoms with Gasteiger partial charge in [-0.1, -0.05) is 24.3 Å². The van der Waals surface area contributed by atoms with E-state index in [9.17, 15) is 28.2 Å². The number of allylic oxidation sites excluding steroid dienone is 2. The number of Topliss-reactive ketones (excluding diaryl/α,β-unsaturated/α-hetero) is 1. The van der Waals surface area contributed by atoms with Crippen LogP contribution in [0.1, 0.15) is 32.1 Å². The maximum Gasteiger partial charge on any atom is 0.233 e. The van der Waals surface area contributed by atoms with Crippen LogP contribution in [0.2, 0.25) is 0 Å². The van der Waals surface area contributed by atoms with Gasteiger partial charge in [-0.2, -0.15) is 0 Å². The number of aliphatic hydroxyl groups is 2. The maximum atomic E-state index is 12.3. The lowest BCUT2D eigenvalue weighted by atomic mass is 9.90. The number of ether oxygens (including phenoxy) is 2. The predicted octanol–water partition coefficient (Wildman–Crippen LogP) is 1.75. The lowest BCUT2D eigenvalue weighted by Crippen LogP contribution is -2.28. The van der Waals surface area contributed by atoms with Crippen LogP contribution >= 0.6 is 0 Å². The van der Waals surface area contributed by atoms with Gasteiger partial charge in [-0.3, -0.25) is 14.3 Å². The summed E-state index contributed by atoms with van der Waals surface area (Å²) >= 11 is 0. The minimum Gasteiger partial charge on any atom is -0.497 e. The fraction of sp³-hybridized carbons (Fsp3) is 0.500. The molecule has 0 bridgehead atoms. The van der Waals surface area contributed by atoms with E-state index in [0.29, 0.717) is 30.8 Å². The van der Waals surface area contributed by atoms with Crippen LogP contribution in [-0.2, 0) is 19.6 Å². The molecule has 0 aromatic heterocycles. The molecule has 1 aliphatic rings. The van der Waals surface area contributed by atoms with Crippen molar-refractivity contribution in [1.29, 1.82) is 0 Å². The highest BCUT2D eigenvalue weighted by Crippen LogP contribution is 2.33. The number of rotatable bonds is 13. The van der Waals surface area contributed by atoms with Crippen molar-refractivity contribution in [3.63, 3.8) is 0 Å². The van der Waals surface area contributed by atoms with E-state index in [0.717, 1.165) is 6.26 Å². The zero-order valence-electron chi connectivity index (χ0n) is 19.4. The van der Waals surface area contributed by atoms with Gasteiger partial charge >= 0.3 is 0 Å². The molecule has 1 unspecified atom stereocenters. The van der Waals surface area contributed by atoms with Crippen molar-refractivity contribution in [1.82, 2.24) is 4.72 Å². The zero-order valence-corrected chi connectivity index (χ0v) is 20.2. The van der Waals surface area contributed by atoms with Crippen molar-refractivity contribution < 1.29 is 37.7 Å². The number of unbranched alkanes of at least 4 members (excludes halogenated alkanes) is 1. The molecule has 1 fully saturated rings. The molecule has 1 aromatic rings. The van der Waals surface area contributed by atoms with Crippen LogP contribution in [0.15, 0.2) is 48.6 Å². The largest absolute Gasteiger partial charge is 0.497 e. The minimum atomic E-state index is -3.55. The second-order valence-electron chi connectivity index (χ2n) is 8.26. The first kappa shape index (κ1) is 27.6. The number of nitrogens with one attached hydrogen (secondary N) is 1. The van der Waals surface area contributed by atoms with E-state index in [1.807, 2.05) is 16.9 Å². The van der Waals surface area contributed by atoms with E-state index in [2.05, 4.69) is 0 Å². The molecule has 0 heterocycles. The molecule has 0 saturated heterocycles. The highest BCUT2D eigenvalue weighted by molar-refractivity contribution is 7.89. The van der Waals surface area contributed by atoms with Gasteiger partial charge in [-0.05, 0) is 43.5 Å². The lowest BCUT2D eigenvalue weighted by molar-refractivity contribution is -0.121. The normalized spacial score (nSPS) is 21.8. The molecule has 10 heteroatoms. The second kappa shape index (κ2) is 13.3. The summed E-state index contributed by atoms with van der Waals surface area (Å²) in [6.45, 7) is 0.0249. The van der Waals surface area contributed by atoms with E-state index in [1.54, 1.807) is 37.5 Å². The van der Waals surface area contributed by atoms with Crippen LogP contribution in [0, 0.1) is 11.8 Å². The van der Waals surface area contributed by atoms with Crippen molar-refractivity contribution in [3.05, 3.63) is 48.6 Å². The fourth-order valence-electron chi connectivity index (χ4n) is 3.69. The summed E-state index contributed by atoms with van der Waals surface area (Å²) in [5, 5.41) is 20.5. The van der Waals surface area contributed by atoms with Crippen LogP contribution in [0.25, 0.3) is 0 Å². The number of benzene rings is 1. The number of methoxy groups -OCH3 is 1. The van der Waals surface area contributed by atoms with E-state index in [-0.39, 0.29) is 25.2 Å². The third-order valence-electron chi connectivity index (χ3n) is 5.40. The number of amides is 1. The van der Waals surface area contributed by atoms with E-state index < -0.39 is 40.0 Å². The Balaban J connectivity index is 1.79. The first-order valence-electron chi connectivity index (χ1n) is 11.1. The highest BCUT2D eigenvalue weighted by atomic mass is 32.2. The molecule has 2 rings (SSSR count). The smallest absolute Gasteiger partial charge is 0.233 e. The molecule has 0 spiro atoms. The summed E-state index contributed by atoms with van der Waals surface area (Å²) < 4.78 is 34.5. The molecule has 9 nitrogen and oxygen atoms in total. The SMILES string of the molecule is COc1ccc(OC[C@H](O)/C=C/C2[C@H](O)CC(=O)[C@@H]2C/C=C\CCCC(=O)NS(C)(=O)=O)cc1. The monoisotopic (exact) mass is 495 g/mol. The number of aliphatic hydroxyl groups excluding tert-OH is 2. The van der Waals surface area contributed by atoms with Gasteiger partial charge in [0.15, 0.2) is 0 Å². The van der Waals surface area contributed by atoms with Gasteiger partial charge in [0.2, 0.25) is 15.9 Å². The molecule has 34 heavy (non-hydrogen) atoms. The summed E-state index contributed by atoms with van der Waals surface area (Å²) in [5.74, 6) is -0.113. The number of hydrogen-bond acceptors (Lipinski definition) is 8. The molecular formula is C24H33NO8S. The van der Waals surface area contributed by atoms with Crippen molar-refractivity contribution in [2.45, 2.75) is 44.3 Å². The van der Waals surface area contributed by atoms with Crippen LogP contribution in [0.3, 0.4) is 0 Å². The Labute approximate surface area is 200 Å². The van der Waals surface area contributed by atoms with E-state index in [4.69, 9.17) is 9.47 Å². The van der Waals surface area contributed by atoms with Gasteiger partial charge < -0.3 is 19.7 Å². The van der Waals surface area contributed by atoms with Crippen molar-refractivity contribution in [2.24, 2.45) is 11.8 Å². The van der Waals surface area contributed by atoms with Gasteiger partial charge in [0.05, 0.1) is 19.5 Å². The number of sulfonamides is 1. The van der Waals surface area contributed by atoms with Crippen LogP contribution in [0.4, 0.5) is 0 Å². The molecule has 1 amide bonds. The molecule has 3 N–H and O–H groups in total. The second-order valence-corrected chi connectivity index (χ2v) is 10.0. The van der Waals surface area contributed by atoms with Gasteiger partial charge in [0, 0.05) is 24.7 Å². The van der Waals surface area contributed by atoms with Crippen LogP contribution < -0.4 is 14.2 Å². The number of ketones is 1. The molecule has 0 aliphatic heterocycles. The summed E-state index contributed by atoms with van der Waals surface area (Å²) in [6, 6.07) is 6.96. The number of carbonyl (C=O) groups excluding carboxylic acids is 2. The van der Waals surface area contributed by atoms with Crippen molar-refractivity contribution >= 4 is 21.7 Å². The van der Waals surface area contributed by atoms with Gasteiger partial charge in [-0.15, -0.1) is 0 Å². The zero-order chi connectivity index (χ0) is 25.1. The standard InChI is InChI=1S/C24H33NO8S/c1-32-18-10-12-19(13-11-18)33-16-17(26)9-14-21-20(22(27)15-23(21)28)7-5-3-4-6-8-24(29)25-34(2,30)31/h3,5,9-14,17,20-21,23,26,28H,4,6-8,15-16H2,1-2H3,(H,25,29)/b5-3-,14-9+/t17-,20-,21?,23-/m1/s1. The Bertz CT molecular complexity index is 971. The summed E-state index contributed by atoms with van der Waals surface area (Å²) in [5.41, 5.74) is 0. The van der Waals surface area contributed by atoms with Crippen molar-refractivity contribution in [2.75, 3.05) is 20.0 Å². The van der Waals surface area contributed by atoms with Crippen LogP contribution in [-0.4, -0.2) is 62.5 Å². The van der Waals surface area contributed by atoms with Crippen LogP contribution in [0.5, 0.6) is 11.5 Å². The predicted molar refractivity (Wildman–Crippen MR) is 127 cm³/mol. The Morgan fingerprint density at radius 2 is 1.91 bits per heavy atom. The molecule has 188 valence electrons. The molecule has 1 aromatic carbocycles.